The van der Waals surface area contributed by atoms with Crippen molar-refractivity contribution in [2.75, 3.05) is 11.6 Å². The van der Waals surface area contributed by atoms with Gasteiger partial charge in [0.1, 0.15) is 23.0 Å². The highest BCUT2D eigenvalue weighted by Crippen LogP contribution is 2.27. The highest BCUT2D eigenvalue weighted by molar-refractivity contribution is 7.90. The van der Waals surface area contributed by atoms with Gasteiger partial charge in [0, 0.05) is 18.1 Å². The zero-order valence-corrected chi connectivity index (χ0v) is 20.1. The number of hydrogen-bond acceptors (Lipinski definition) is 6. The molecule has 0 atom stereocenters. The summed E-state index contributed by atoms with van der Waals surface area (Å²) in [6.07, 6.45) is 4.68. The van der Waals surface area contributed by atoms with E-state index in [0.717, 1.165) is 9.54 Å². The summed E-state index contributed by atoms with van der Waals surface area (Å²) in [4.78, 5) is 21.9. The summed E-state index contributed by atoms with van der Waals surface area (Å²) in [6, 6.07) is 8.33. The fraction of sp³-hybridized carbons (Fsp3) is 0.348. The quantitative estimate of drug-likeness (QED) is 0.434. The first-order chi connectivity index (χ1) is 15.5. The molecule has 10 heteroatoms. The Balaban J connectivity index is 1.87. The number of carbonyl (C=O) groups excluding carboxylic acids is 1. The number of benzene rings is 1. The van der Waals surface area contributed by atoms with E-state index in [0.29, 0.717) is 29.4 Å². The predicted octanol–water partition coefficient (Wildman–Crippen LogP) is 4.21. The highest BCUT2D eigenvalue weighted by Gasteiger charge is 2.26. The Morgan fingerprint density at radius 3 is 2.45 bits per heavy atom. The monoisotopic (exact) mass is 469 g/mol. The molecular formula is C23H27N5O4S. The maximum absolute atomic E-state index is 13.3. The first-order valence-electron chi connectivity index (χ1n) is 10.7. The van der Waals surface area contributed by atoms with Crippen LogP contribution in [0.5, 0.6) is 0 Å². The van der Waals surface area contributed by atoms with Gasteiger partial charge < -0.3 is 4.74 Å². The molecule has 9 nitrogen and oxygen atoms in total. The van der Waals surface area contributed by atoms with E-state index in [2.05, 4.69) is 9.97 Å². The van der Waals surface area contributed by atoms with Crippen LogP contribution in [0.2, 0.25) is 0 Å². The van der Waals surface area contributed by atoms with Gasteiger partial charge in [-0.1, -0.05) is 24.6 Å². The first-order valence-corrected chi connectivity index (χ1v) is 12.1. The second kappa shape index (κ2) is 8.18. The summed E-state index contributed by atoms with van der Waals surface area (Å²) in [5, 5.41) is 2.02. The predicted molar refractivity (Wildman–Crippen MR) is 126 cm³/mol. The average molecular weight is 470 g/mol. The molecular weight excluding hydrogens is 442 g/mol. The molecule has 33 heavy (non-hydrogen) atoms. The summed E-state index contributed by atoms with van der Waals surface area (Å²) < 4.78 is 34.9. The van der Waals surface area contributed by atoms with Crippen molar-refractivity contribution in [3.05, 3.63) is 54.6 Å². The Morgan fingerprint density at radius 1 is 1.12 bits per heavy atom. The van der Waals surface area contributed by atoms with Crippen molar-refractivity contribution in [2.45, 2.75) is 51.5 Å². The zero-order chi connectivity index (χ0) is 24.0. The molecule has 1 aromatic carbocycles. The van der Waals surface area contributed by atoms with Gasteiger partial charge in [0.15, 0.2) is 5.65 Å². The van der Waals surface area contributed by atoms with Gasteiger partial charge >= 0.3 is 6.09 Å². The summed E-state index contributed by atoms with van der Waals surface area (Å²) >= 11 is 0. The Bertz CT molecular complexity index is 1430. The molecule has 174 valence electrons. The lowest BCUT2D eigenvalue weighted by atomic mass is 10.2. The van der Waals surface area contributed by atoms with Crippen molar-refractivity contribution in [3.63, 3.8) is 0 Å². The van der Waals surface area contributed by atoms with Crippen LogP contribution in [0.1, 0.15) is 39.7 Å². The van der Waals surface area contributed by atoms with Gasteiger partial charge in [-0.05, 0) is 52.3 Å². The van der Waals surface area contributed by atoms with Crippen LogP contribution >= 0.6 is 0 Å². The standard InChI is InChI=1S/C23H27N5O4S/c1-6-12-26(22(29)32-23(3,4)5)27-15-25-19-14-24-21-18(20(19)27)11-13-28(21)33(30,31)17-9-7-16(2)8-10-17/h7-11,13-15H,6,12H2,1-5H3. The lowest BCUT2D eigenvalue weighted by Gasteiger charge is -2.28. The maximum Gasteiger partial charge on any atom is 0.429 e. The minimum absolute atomic E-state index is 0.169. The Hall–Kier alpha value is -3.40. The van der Waals surface area contributed by atoms with E-state index in [1.807, 2.05) is 13.8 Å². The van der Waals surface area contributed by atoms with Crippen molar-refractivity contribution in [1.29, 1.82) is 0 Å². The number of ether oxygens (including phenoxy) is 1. The largest absolute Gasteiger partial charge is 0.442 e. The number of carbonyl (C=O) groups is 1. The molecule has 0 aliphatic rings. The number of hydrogen-bond donors (Lipinski definition) is 0. The van der Waals surface area contributed by atoms with Crippen LogP contribution in [0.25, 0.3) is 22.1 Å². The molecule has 0 aliphatic heterocycles. The lowest BCUT2D eigenvalue weighted by Crippen LogP contribution is -2.44. The Labute approximate surface area is 192 Å². The van der Waals surface area contributed by atoms with Crippen LogP contribution in [-0.4, -0.2) is 45.3 Å². The van der Waals surface area contributed by atoms with Crippen LogP contribution in [0.4, 0.5) is 4.79 Å². The van der Waals surface area contributed by atoms with Crippen molar-refractivity contribution in [3.8, 4) is 0 Å². The normalized spacial score (nSPS) is 12.4. The third-order valence-corrected chi connectivity index (χ3v) is 6.73. The lowest BCUT2D eigenvalue weighted by molar-refractivity contribution is 0.0540. The summed E-state index contributed by atoms with van der Waals surface area (Å²) in [6.45, 7) is 9.66. The van der Waals surface area contributed by atoms with Crippen LogP contribution < -0.4 is 5.01 Å². The number of nitrogens with zero attached hydrogens (tertiary/aromatic N) is 5. The molecule has 3 heterocycles. The Kier molecular flexibility index (Phi) is 5.65. The first kappa shape index (κ1) is 22.8. The summed E-state index contributed by atoms with van der Waals surface area (Å²) in [5.74, 6) is 0. The van der Waals surface area contributed by atoms with Crippen LogP contribution in [0, 0.1) is 6.92 Å². The van der Waals surface area contributed by atoms with Crippen LogP contribution in [0.3, 0.4) is 0 Å². The van der Waals surface area contributed by atoms with Crippen LogP contribution in [0.15, 0.2) is 53.9 Å². The molecule has 4 rings (SSSR count). The second-order valence-corrected chi connectivity index (χ2v) is 10.7. The second-order valence-electron chi connectivity index (χ2n) is 8.85. The number of aromatic nitrogens is 4. The van der Waals surface area contributed by atoms with Gasteiger partial charge in [-0.2, -0.15) is 0 Å². The average Bonchev–Trinajstić information content (AvgIpc) is 3.35. The topological polar surface area (TPSA) is 99.3 Å². The fourth-order valence-electron chi connectivity index (χ4n) is 3.56. The van der Waals surface area contributed by atoms with E-state index >= 15 is 0 Å². The van der Waals surface area contributed by atoms with Gasteiger partial charge in [0.25, 0.3) is 10.0 Å². The van der Waals surface area contributed by atoms with E-state index in [1.165, 1.54) is 23.7 Å². The molecule has 1 amide bonds. The van der Waals surface area contributed by atoms with E-state index in [-0.39, 0.29) is 10.5 Å². The van der Waals surface area contributed by atoms with Crippen molar-refractivity contribution < 1.29 is 17.9 Å². The molecule has 0 N–H and O–H groups in total. The molecule has 0 unspecified atom stereocenters. The molecule has 0 aliphatic carbocycles. The zero-order valence-electron chi connectivity index (χ0n) is 19.3. The van der Waals surface area contributed by atoms with Gasteiger partial charge in [-0.15, -0.1) is 0 Å². The summed E-state index contributed by atoms with van der Waals surface area (Å²) in [5.41, 5.74) is 1.68. The molecule has 0 saturated heterocycles. The van der Waals surface area contributed by atoms with Crippen LogP contribution in [-0.2, 0) is 14.8 Å². The number of aryl methyl sites for hydroxylation is 1. The van der Waals surface area contributed by atoms with Gasteiger partial charge in [0.2, 0.25) is 0 Å². The third-order valence-electron chi connectivity index (χ3n) is 5.05. The number of pyridine rings is 1. The minimum atomic E-state index is -3.86. The van der Waals surface area contributed by atoms with E-state index in [9.17, 15) is 13.2 Å². The highest BCUT2D eigenvalue weighted by atomic mass is 32.2. The van der Waals surface area contributed by atoms with E-state index in [1.54, 1.807) is 55.8 Å². The molecule has 4 aromatic rings. The van der Waals surface area contributed by atoms with Crippen molar-refractivity contribution >= 4 is 38.2 Å². The van der Waals surface area contributed by atoms with E-state index in [4.69, 9.17) is 4.74 Å². The molecule has 0 radical (unpaired) electrons. The number of fused-ring (bicyclic) bond motifs is 3. The number of rotatable bonds is 5. The molecule has 0 spiro atoms. The fourth-order valence-corrected chi connectivity index (χ4v) is 4.86. The van der Waals surface area contributed by atoms with Crippen molar-refractivity contribution in [2.24, 2.45) is 0 Å². The maximum atomic E-state index is 13.3. The molecule has 0 bridgehead atoms. The van der Waals surface area contributed by atoms with Gasteiger partial charge in [0.05, 0.1) is 11.1 Å². The molecule has 0 saturated carbocycles. The number of amides is 1. The minimum Gasteiger partial charge on any atom is -0.442 e. The summed E-state index contributed by atoms with van der Waals surface area (Å²) in [7, 11) is -3.86. The smallest absolute Gasteiger partial charge is 0.429 e. The number of imidazole rings is 1. The molecule has 0 fully saturated rings. The van der Waals surface area contributed by atoms with Gasteiger partial charge in [-0.25, -0.2) is 36.8 Å². The third kappa shape index (κ3) is 4.18. The van der Waals surface area contributed by atoms with Crippen molar-refractivity contribution in [1.82, 2.24) is 18.6 Å². The molecule has 3 aromatic heterocycles. The Morgan fingerprint density at radius 2 is 1.82 bits per heavy atom. The van der Waals surface area contributed by atoms with E-state index < -0.39 is 21.7 Å². The SMILES string of the molecule is CCCN(C(=O)OC(C)(C)C)n1cnc2cnc3c(ccn3S(=O)(=O)c3ccc(C)cc3)c21. The van der Waals surface area contributed by atoms with Gasteiger partial charge in [-0.3, -0.25) is 0 Å².